The third-order valence-corrected chi connectivity index (χ3v) is 5.23. The minimum absolute atomic E-state index is 0.0449. The molecule has 0 saturated heterocycles. The third-order valence-electron chi connectivity index (χ3n) is 4.95. The van der Waals surface area contributed by atoms with Crippen LogP contribution in [0.2, 0.25) is 5.02 Å². The lowest BCUT2D eigenvalue weighted by atomic mass is 9.86. The highest BCUT2D eigenvalue weighted by Crippen LogP contribution is 2.43. The zero-order valence-electron chi connectivity index (χ0n) is 16.4. The van der Waals surface area contributed by atoms with Gasteiger partial charge in [0.15, 0.2) is 5.75 Å². The van der Waals surface area contributed by atoms with Gasteiger partial charge in [0.2, 0.25) is 11.6 Å². The van der Waals surface area contributed by atoms with Crippen LogP contribution in [0, 0.1) is 0 Å². The number of rotatable bonds is 5. The molecule has 0 atom stereocenters. The van der Waals surface area contributed by atoms with Gasteiger partial charge in [-0.05, 0) is 30.4 Å². The van der Waals surface area contributed by atoms with Crippen LogP contribution in [0.25, 0.3) is 5.69 Å². The van der Waals surface area contributed by atoms with Crippen molar-refractivity contribution in [3.05, 3.63) is 70.7 Å². The Balaban J connectivity index is 1.81. The number of aromatic amines is 2. The number of carboxylic acids is 1. The van der Waals surface area contributed by atoms with Crippen molar-refractivity contribution in [1.29, 1.82) is 0 Å². The Bertz CT molecular complexity index is 1400. The Morgan fingerprint density at radius 2 is 1.90 bits per heavy atom. The van der Waals surface area contributed by atoms with Gasteiger partial charge in [-0.3, -0.25) is 14.6 Å². The molecule has 0 saturated carbocycles. The van der Waals surface area contributed by atoms with E-state index in [1.807, 2.05) is 18.8 Å². The number of halogens is 1. The van der Waals surface area contributed by atoms with E-state index in [2.05, 4.69) is 15.3 Å². The summed E-state index contributed by atoms with van der Waals surface area (Å²) in [6.45, 7) is 3.73. The predicted molar refractivity (Wildman–Crippen MR) is 109 cm³/mol. The molecule has 2 heterocycles. The summed E-state index contributed by atoms with van der Waals surface area (Å²) in [4.78, 5) is 49.0. The number of fused-ring (bicyclic) bond motifs is 1. The Labute approximate surface area is 178 Å². The first-order chi connectivity index (χ1) is 14.7. The summed E-state index contributed by atoms with van der Waals surface area (Å²) >= 11 is 6.40. The Morgan fingerprint density at radius 1 is 1.19 bits per heavy atom. The van der Waals surface area contributed by atoms with E-state index in [0.29, 0.717) is 35.3 Å². The Hall–Kier alpha value is -3.73. The fraction of sp³-hybridized carbons (Fsp3) is 0.263. The first kappa shape index (κ1) is 20.5. The minimum atomic E-state index is -1.56. The average Bonchev–Trinajstić information content (AvgIpc) is 2.66. The van der Waals surface area contributed by atoms with Gasteiger partial charge in [0.1, 0.15) is 0 Å². The molecule has 31 heavy (non-hydrogen) atoms. The second-order valence-corrected chi connectivity index (χ2v) is 7.64. The van der Waals surface area contributed by atoms with Gasteiger partial charge in [0.25, 0.3) is 11.1 Å². The van der Waals surface area contributed by atoms with Crippen molar-refractivity contribution in [1.82, 2.24) is 25.0 Å². The van der Waals surface area contributed by atoms with Crippen LogP contribution in [0.15, 0.2) is 26.5 Å². The van der Waals surface area contributed by atoms with Crippen LogP contribution in [0.3, 0.4) is 0 Å². The monoisotopic (exact) mass is 445 g/mol. The van der Waals surface area contributed by atoms with Gasteiger partial charge in [0, 0.05) is 17.2 Å². The lowest BCUT2D eigenvalue weighted by Crippen LogP contribution is -2.36. The van der Waals surface area contributed by atoms with E-state index in [1.165, 1.54) is 12.1 Å². The summed E-state index contributed by atoms with van der Waals surface area (Å²) in [5.74, 6) is -1.14. The molecule has 2 aromatic heterocycles. The molecule has 0 amide bonds. The number of carboxylic acid groups (broad SMARTS) is 1. The maximum Gasteiger partial charge on any atom is 0.362 e. The smallest absolute Gasteiger partial charge is 0.362 e. The highest BCUT2D eigenvalue weighted by molar-refractivity contribution is 6.32. The third kappa shape index (κ3) is 3.52. The van der Waals surface area contributed by atoms with Crippen molar-refractivity contribution in [3.63, 3.8) is 0 Å². The van der Waals surface area contributed by atoms with Crippen molar-refractivity contribution in [3.8, 4) is 17.3 Å². The molecule has 12 heteroatoms. The normalized spacial score (nSPS) is 12.4. The molecule has 160 valence electrons. The number of hydrogen-bond donors (Lipinski definition) is 3. The molecule has 0 radical (unpaired) electrons. The molecule has 4 rings (SSSR count). The standard InChI is InChI=1S/C19H16ClN5O6/c1-7(2)10-5-13(22-23-16(10)26)31-15-9-4-3-8(9)12(6-11(15)20)25-19(30)21-17(27)14(24-25)18(28)29/h5-7H,3-4H2,1-2H3,(H,23,26)(H,28,29)(H,21,27,30). The van der Waals surface area contributed by atoms with E-state index in [1.54, 1.807) is 0 Å². The maximum absolute atomic E-state index is 12.3. The fourth-order valence-corrected chi connectivity index (χ4v) is 3.57. The number of H-pyrrole nitrogens is 2. The summed E-state index contributed by atoms with van der Waals surface area (Å²) in [5, 5.41) is 19.2. The molecular formula is C19H16ClN5O6. The molecule has 1 aromatic carbocycles. The van der Waals surface area contributed by atoms with E-state index < -0.39 is 22.9 Å². The molecule has 0 fully saturated rings. The van der Waals surface area contributed by atoms with Gasteiger partial charge in [0.05, 0.1) is 10.7 Å². The average molecular weight is 446 g/mol. The molecule has 3 aromatic rings. The first-order valence-electron chi connectivity index (χ1n) is 9.26. The molecule has 11 nitrogen and oxygen atoms in total. The van der Waals surface area contributed by atoms with Gasteiger partial charge in [-0.25, -0.2) is 14.7 Å². The molecule has 3 N–H and O–H groups in total. The maximum atomic E-state index is 12.3. The van der Waals surface area contributed by atoms with Crippen molar-refractivity contribution in [2.24, 2.45) is 0 Å². The number of nitrogens with one attached hydrogen (secondary N) is 2. The molecule has 0 spiro atoms. The zero-order valence-corrected chi connectivity index (χ0v) is 17.1. The molecule has 1 aliphatic carbocycles. The van der Waals surface area contributed by atoms with Crippen molar-refractivity contribution < 1.29 is 14.6 Å². The highest BCUT2D eigenvalue weighted by Gasteiger charge is 2.28. The highest BCUT2D eigenvalue weighted by atomic mass is 35.5. The lowest BCUT2D eigenvalue weighted by molar-refractivity contribution is 0.0685. The molecule has 0 bridgehead atoms. The summed E-state index contributed by atoms with van der Waals surface area (Å²) in [6.07, 6.45) is 1.15. The first-order valence-corrected chi connectivity index (χ1v) is 9.64. The summed E-state index contributed by atoms with van der Waals surface area (Å²) in [7, 11) is 0. The Morgan fingerprint density at radius 3 is 2.52 bits per heavy atom. The number of hydrogen-bond acceptors (Lipinski definition) is 7. The topological polar surface area (TPSA) is 160 Å². The molecule has 0 aliphatic heterocycles. The largest absolute Gasteiger partial charge is 0.476 e. The van der Waals surface area contributed by atoms with Crippen LogP contribution in [-0.4, -0.2) is 36.0 Å². The number of aromatic nitrogens is 5. The van der Waals surface area contributed by atoms with Crippen molar-refractivity contribution in [2.75, 3.05) is 0 Å². The summed E-state index contributed by atoms with van der Waals surface area (Å²) in [5.41, 5.74) is -0.996. The summed E-state index contributed by atoms with van der Waals surface area (Å²) < 4.78 is 6.65. The SMILES string of the molecule is CC(C)c1cc(Oc2c(Cl)cc(-n3nc(C(=O)O)c(=O)[nH]c3=O)c3c2CC3)n[nH]c1=O. The number of aromatic carboxylic acids is 1. The van der Waals surface area contributed by atoms with E-state index in [0.717, 1.165) is 4.68 Å². The zero-order chi connectivity index (χ0) is 22.4. The molecule has 0 unspecified atom stereocenters. The Kier molecular flexibility index (Phi) is 4.97. The van der Waals surface area contributed by atoms with E-state index in [9.17, 15) is 19.2 Å². The van der Waals surface area contributed by atoms with Crippen LogP contribution in [-0.2, 0) is 12.8 Å². The van der Waals surface area contributed by atoms with Crippen LogP contribution in [0.1, 0.15) is 46.9 Å². The van der Waals surface area contributed by atoms with Crippen LogP contribution < -0.4 is 21.5 Å². The number of carbonyl (C=O) groups is 1. The van der Waals surface area contributed by atoms with E-state index >= 15 is 0 Å². The quantitative estimate of drug-likeness (QED) is 0.530. The number of ether oxygens (including phenoxy) is 1. The van der Waals surface area contributed by atoms with Gasteiger partial charge in [-0.1, -0.05) is 25.4 Å². The molecular weight excluding hydrogens is 430 g/mol. The fourth-order valence-electron chi connectivity index (χ4n) is 3.31. The van der Waals surface area contributed by atoms with Gasteiger partial charge >= 0.3 is 11.7 Å². The van der Waals surface area contributed by atoms with Crippen LogP contribution >= 0.6 is 11.6 Å². The van der Waals surface area contributed by atoms with Gasteiger partial charge in [-0.2, -0.15) is 9.78 Å². The predicted octanol–water partition coefficient (Wildman–Crippen LogP) is 1.37. The second kappa shape index (κ2) is 7.51. The van der Waals surface area contributed by atoms with Crippen LogP contribution in [0.5, 0.6) is 11.6 Å². The summed E-state index contributed by atoms with van der Waals surface area (Å²) in [6, 6.07) is 2.94. The van der Waals surface area contributed by atoms with E-state index in [-0.39, 0.29) is 28.1 Å². The number of nitrogens with zero attached hydrogens (tertiary/aromatic N) is 3. The number of benzene rings is 1. The second-order valence-electron chi connectivity index (χ2n) is 7.24. The van der Waals surface area contributed by atoms with Crippen molar-refractivity contribution in [2.45, 2.75) is 32.6 Å². The lowest BCUT2D eigenvalue weighted by Gasteiger charge is -2.26. The minimum Gasteiger partial charge on any atom is -0.476 e. The van der Waals surface area contributed by atoms with Crippen molar-refractivity contribution >= 4 is 17.6 Å². The van der Waals surface area contributed by atoms with Gasteiger partial charge in [-0.15, -0.1) is 5.10 Å². The molecule has 1 aliphatic rings. The van der Waals surface area contributed by atoms with E-state index in [4.69, 9.17) is 21.4 Å². The van der Waals surface area contributed by atoms with Gasteiger partial charge < -0.3 is 9.84 Å². The van der Waals surface area contributed by atoms with Crippen LogP contribution in [0.4, 0.5) is 0 Å².